The molecule has 0 aromatic heterocycles. The molecule has 1 heteroatoms. The van der Waals surface area contributed by atoms with E-state index in [4.69, 9.17) is 0 Å². The zero-order valence-electron chi connectivity index (χ0n) is 11.6. The maximum absolute atomic E-state index is 11.8. The van der Waals surface area contributed by atoms with E-state index in [1.54, 1.807) is 0 Å². The van der Waals surface area contributed by atoms with Gasteiger partial charge < -0.3 is 0 Å². The van der Waals surface area contributed by atoms with Crippen LogP contribution in [-0.2, 0) is 4.79 Å². The maximum Gasteiger partial charge on any atom is 0.164 e. The smallest absolute Gasteiger partial charge is 0.164 e. The number of allylic oxidation sites excluding steroid dienone is 1. The van der Waals surface area contributed by atoms with Gasteiger partial charge in [-0.25, -0.2) is 0 Å². The average Bonchev–Trinajstić information content (AvgIpc) is 2.68. The molecule has 1 nitrogen and oxygen atoms in total. The van der Waals surface area contributed by atoms with Crippen LogP contribution >= 0.6 is 0 Å². The highest BCUT2D eigenvalue weighted by molar-refractivity contribution is 6.04. The van der Waals surface area contributed by atoms with Crippen molar-refractivity contribution in [1.82, 2.24) is 0 Å². The maximum atomic E-state index is 11.8. The van der Waals surface area contributed by atoms with Gasteiger partial charge in [0.25, 0.3) is 0 Å². The number of hydrogen-bond acceptors (Lipinski definition) is 1. The first kappa shape index (κ1) is 13.1. The van der Waals surface area contributed by atoms with E-state index in [0.717, 1.165) is 18.4 Å². The molecule has 0 saturated heterocycles. The van der Waals surface area contributed by atoms with Crippen LogP contribution in [0.3, 0.4) is 0 Å². The van der Waals surface area contributed by atoms with Crippen molar-refractivity contribution < 1.29 is 4.79 Å². The Balaban J connectivity index is 0.000000169. The predicted molar refractivity (Wildman–Crippen MR) is 75.2 cm³/mol. The molecule has 1 aromatic carbocycles. The van der Waals surface area contributed by atoms with Crippen LogP contribution in [0.2, 0.25) is 0 Å². The van der Waals surface area contributed by atoms with Crippen LogP contribution in [0.1, 0.15) is 33.6 Å². The van der Waals surface area contributed by atoms with E-state index in [-0.39, 0.29) is 10.8 Å². The lowest BCUT2D eigenvalue weighted by atomic mass is 9.70. The van der Waals surface area contributed by atoms with Gasteiger partial charge >= 0.3 is 0 Å². The van der Waals surface area contributed by atoms with Crippen LogP contribution in [0, 0.1) is 16.7 Å². The van der Waals surface area contributed by atoms with E-state index in [2.05, 4.69) is 27.4 Å². The molecule has 0 aliphatic heterocycles. The summed E-state index contributed by atoms with van der Waals surface area (Å²) < 4.78 is 0. The van der Waals surface area contributed by atoms with E-state index in [1.165, 1.54) is 0 Å². The second-order valence-corrected chi connectivity index (χ2v) is 6.15. The summed E-state index contributed by atoms with van der Waals surface area (Å²) in [6.07, 6.45) is 2.22. The van der Waals surface area contributed by atoms with Gasteiger partial charge in [0.15, 0.2) is 5.78 Å². The summed E-state index contributed by atoms with van der Waals surface area (Å²) in [6.45, 7) is 10.4. The summed E-state index contributed by atoms with van der Waals surface area (Å²) in [6, 6.07) is 12.0. The minimum absolute atomic E-state index is 0.102. The molecular weight excluding hydrogens is 220 g/mol. The fourth-order valence-electron chi connectivity index (χ4n) is 3.41. The summed E-state index contributed by atoms with van der Waals surface area (Å²) in [5, 5.41) is 0. The number of ketones is 1. The van der Waals surface area contributed by atoms with Gasteiger partial charge in [-0.05, 0) is 29.7 Å². The Morgan fingerprint density at radius 3 is 1.72 bits per heavy atom. The number of benzene rings is 1. The standard InChI is InChI=1S/C11H16O.C6H6/c1-7-8-5-6-11(4,9(7)12)10(8,2)3;1-2-4-6-5-3-1/h8H,1,5-6H2,2-4H3;1-6H. The molecule has 18 heavy (non-hydrogen) atoms. The molecule has 2 aliphatic carbocycles. The topological polar surface area (TPSA) is 17.1 Å². The Morgan fingerprint density at radius 1 is 1.06 bits per heavy atom. The lowest BCUT2D eigenvalue weighted by molar-refractivity contribution is -0.125. The van der Waals surface area contributed by atoms with Crippen LogP contribution < -0.4 is 0 Å². The molecule has 96 valence electrons. The lowest BCUT2D eigenvalue weighted by Crippen LogP contribution is -2.32. The summed E-state index contributed by atoms with van der Waals surface area (Å²) in [7, 11) is 0. The molecule has 0 heterocycles. The highest BCUT2D eigenvalue weighted by Crippen LogP contribution is 2.65. The fraction of sp³-hybridized carbons (Fsp3) is 0.471. The van der Waals surface area contributed by atoms with E-state index in [9.17, 15) is 4.79 Å². The Bertz CT molecular complexity index is 431. The first-order chi connectivity index (χ1) is 8.41. The van der Waals surface area contributed by atoms with Gasteiger partial charge in [0.05, 0.1) is 0 Å². The number of rotatable bonds is 0. The quantitative estimate of drug-likeness (QED) is 0.621. The number of hydrogen-bond donors (Lipinski definition) is 0. The molecule has 2 aliphatic rings. The minimum Gasteiger partial charge on any atom is -0.294 e. The number of Topliss-reactive ketones (excluding diaryl/α,β-unsaturated/α-hetero) is 1. The highest BCUT2D eigenvalue weighted by atomic mass is 16.1. The van der Waals surface area contributed by atoms with Gasteiger partial charge in [0.1, 0.15) is 0 Å². The monoisotopic (exact) mass is 242 g/mol. The van der Waals surface area contributed by atoms with Crippen LogP contribution in [-0.4, -0.2) is 5.78 Å². The Morgan fingerprint density at radius 2 is 1.50 bits per heavy atom. The third-order valence-electron chi connectivity index (χ3n) is 5.11. The molecule has 2 saturated carbocycles. The number of carbonyl (C=O) groups excluding carboxylic acids is 1. The molecule has 2 unspecified atom stereocenters. The van der Waals surface area contributed by atoms with Crippen LogP contribution in [0.5, 0.6) is 0 Å². The predicted octanol–water partition coefficient (Wildman–Crippen LogP) is 4.25. The van der Waals surface area contributed by atoms with E-state index in [0.29, 0.717) is 11.7 Å². The third-order valence-corrected chi connectivity index (χ3v) is 5.11. The molecule has 0 N–H and O–H groups in total. The molecule has 1 aromatic rings. The summed E-state index contributed by atoms with van der Waals surface area (Å²) in [4.78, 5) is 11.8. The third kappa shape index (κ3) is 1.73. The first-order valence-corrected chi connectivity index (χ1v) is 6.65. The molecule has 3 rings (SSSR count). The molecule has 0 spiro atoms. The van der Waals surface area contributed by atoms with Gasteiger partial charge in [-0.2, -0.15) is 0 Å². The summed E-state index contributed by atoms with van der Waals surface area (Å²) >= 11 is 0. The first-order valence-electron chi connectivity index (χ1n) is 6.65. The molecule has 2 atom stereocenters. The van der Waals surface area contributed by atoms with Crippen molar-refractivity contribution in [1.29, 1.82) is 0 Å². The molecule has 0 amide bonds. The molecular formula is C17H22O. The van der Waals surface area contributed by atoms with Crippen molar-refractivity contribution >= 4 is 5.78 Å². The van der Waals surface area contributed by atoms with Crippen molar-refractivity contribution in [2.45, 2.75) is 33.6 Å². The highest BCUT2D eigenvalue weighted by Gasteiger charge is 2.63. The Hall–Kier alpha value is -1.37. The summed E-state index contributed by atoms with van der Waals surface area (Å²) in [5.74, 6) is 0.777. The van der Waals surface area contributed by atoms with E-state index < -0.39 is 0 Å². The zero-order chi connectivity index (χ0) is 13.4. The van der Waals surface area contributed by atoms with E-state index in [1.807, 2.05) is 36.4 Å². The van der Waals surface area contributed by atoms with Gasteiger partial charge in [0.2, 0.25) is 0 Å². The Kier molecular flexibility index (Phi) is 3.18. The van der Waals surface area contributed by atoms with Crippen LogP contribution in [0.25, 0.3) is 0 Å². The number of fused-ring (bicyclic) bond motifs is 2. The molecule has 2 bridgehead atoms. The van der Waals surface area contributed by atoms with E-state index >= 15 is 0 Å². The van der Waals surface area contributed by atoms with Crippen LogP contribution in [0.15, 0.2) is 48.6 Å². The van der Waals surface area contributed by atoms with Crippen molar-refractivity contribution in [3.8, 4) is 0 Å². The summed E-state index contributed by atoms with van der Waals surface area (Å²) in [5.41, 5.74) is 0.935. The average molecular weight is 242 g/mol. The Labute approximate surface area is 110 Å². The minimum atomic E-state index is -0.102. The second kappa shape index (κ2) is 4.38. The van der Waals surface area contributed by atoms with Crippen molar-refractivity contribution in [2.75, 3.05) is 0 Å². The number of carbonyl (C=O) groups is 1. The molecule has 2 fully saturated rings. The zero-order valence-corrected chi connectivity index (χ0v) is 11.6. The van der Waals surface area contributed by atoms with Gasteiger partial charge in [-0.3, -0.25) is 4.79 Å². The largest absolute Gasteiger partial charge is 0.294 e. The normalized spacial score (nSPS) is 32.1. The van der Waals surface area contributed by atoms with Gasteiger partial charge in [-0.15, -0.1) is 0 Å². The SMILES string of the molecule is C=C1C(=O)C2(C)CCC1C2(C)C.c1ccccc1. The van der Waals surface area contributed by atoms with Crippen molar-refractivity contribution in [3.05, 3.63) is 48.6 Å². The van der Waals surface area contributed by atoms with Gasteiger partial charge in [-0.1, -0.05) is 63.7 Å². The fourth-order valence-corrected chi connectivity index (χ4v) is 3.41. The van der Waals surface area contributed by atoms with Crippen LogP contribution in [0.4, 0.5) is 0 Å². The van der Waals surface area contributed by atoms with Gasteiger partial charge in [0, 0.05) is 5.41 Å². The van der Waals surface area contributed by atoms with Crippen molar-refractivity contribution in [3.63, 3.8) is 0 Å². The lowest BCUT2D eigenvalue weighted by Gasteiger charge is -2.31. The second-order valence-electron chi connectivity index (χ2n) is 6.15. The van der Waals surface area contributed by atoms with Crippen molar-refractivity contribution in [2.24, 2.45) is 16.7 Å². The molecule has 0 radical (unpaired) electrons.